The molecule has 6 heteroatoms. The summed E-state index contributed by atoms with van der Waals surface area (Å²) < 4.78 is 26.0. The van der Waals surface area contributed by atoms with Crippen LogP contribution in [0.4, 0.5) is 4.39 Å². The standard InChI is InChI=1S/C30H30FN3O2/c1-3-35-23-13-11-21(12-14-23)26-18-24(36-16-15-20(26)2)17-22-7-6-10-28-29(19-32-22)34-30(33-28)25-8-4-5-9-27(25)31/h4-5,8-14,18-19,22H,3,6-7,15-17H2,1-2H3. The van der Waals surface area contributed by atoms with Gasteiger partial charge in [-0.3, -0.25) is 4.99 Å². The summed E-state index contributed by atoms with van der Waals surface area (Å²) in [5, 5.41) is 0. The van der Waals surface area contributed by atoms with E-state index < -0.39 is 0 Å². The number of aliphatic imine (C=N–C) groups is 3. The van der Waals surface area contributed by atoms with Crippen molar-refractivity contribution in [1.29, 1.82) is 0 Å². The maximum atomic E-state index is 14.2. The fourth-order valence-corrected chi connectivity index (χ4v) is 4.57. The summed E-state index contributed by atoms with van der Waals surface area (Å²) in [6.45, 7) is 5.47. The zero-order chi connectivity index (χ0) is 24.9. The van der Waals surface area contributed by atoms with Crippen molar-refractivity contribution in [2.24, 2.45) is 15.0 Å². The Bertz CT molecular complexity index is 1320. The van der Waals surface area contributed by atoms with Gasteiger partial charge < -0.3 is 9.47 Å². The third-order valence-corrected chi connectivity index (χ3v) is 6.52. The van der Waals surface area contributed by atoms with E-state index >= 15 is 0 Å². The molecule has 36 heavy (non-hydrogen) atoms. The number of halogens is 1. The van der Waals surface area contributed by atoms with Crippen molar-refractivity contribution in [1.82, 2.24) is 0 Å². The molecule has 0 spiro atoms. The fourth-order valence-electron chi connectivity index (χ4n) is 4.57. The van der Waals surface area contributed by atoms with Gasteiger partial charge in [-0.1, -0.05) is 35.9 Å². The smallest absolute Gasteiger partial charge is 0.163 e. The molecule has 0 bridgehead atoms. The predicted molar refractivity (Wildman–Crippen MR) is 143 cm³/mol. The molecule has 0 amide bonds. The second kappa shape index (κ2) is 10.9. The first-order valence-corrected chi connectivity index (χ1v) is 12.5. The minimum absolute atomic E-state index is 0.0641. The summed E-state index contributed by atoms with van der Waals surface area (Å²) in [5.41, 5.74) is 5.51. The number of allylic oxidation sites excluding steroid dienone is 4. The Morgan fingerprint density at radius 1 is 1.08 bits per heavy atom. The molecule has 0 radical (unpaired) electrons. The van der Waals surface area contributed by atoms with E-state index in [9.17, 15) is 4.39 Å². The van der Waals surface area contributed by atoms with E-state index in [1.54, 1.807) is 24.4 Å². The molecule has 1 unspecified atom stereocenters. The first kappa shape index (κ1) is 23.9. The normalized spacial score (nSPS) is 19.7. The second-order valence-electron chi connectivity index (χ2n) is 9.08. The van der Waals surface area contributed by atoms with E-state index in [0.29, 0.717) is 36.7 Å². The van der Waals surface area contributed by atoms with Gasteiger partial charge in [-0.2, -0.15) is 0 Å². The summed E-state index contributed by atoms with van der Waals surface area (Å²) in [5.74, 6) is 1.89. The Labute approximate surface area is 211 Å². The van der Waals surface area contributed by atoms with E-state index in [2.05, 4.69) is 41.2 Å². The van der Waals surface area contributed by atoms with Crippen molar-refractivity contribution in [3.05, 3.63) is 94.7 Å². The maximum absolute atomic E-state index is 14.2. The molecule has 3 heterocycles. The Kier molecular flexibility index (Phi) is 7.21. The molecule has 0 saturated heterocycles. The van der Waals surface area contributed by atoms with Gasteiger partial charge >= 0.3 is 0 Å². The van der Waals surface area contributed by atoms with Gasteiger partial charge in [-0.15, -0.1) is 0 Å². The van der Waals surface area contributed by atoms with E-state index in [1.165, 1.54) is 17.2 Å². The molecule has 0 aromatic heterocycles. The van der Waals surface area contributed by atoms with Crippen molar-refractivity contribution in [2.45, 2.75) is 45.6 Å². The highest BCUT2D eigenvalue weighted by Crippen LogP contribution is 2.31. The maximum Gasteiger partial charge on any atom is 0.163 e. The highest BCUT2D eigenvalue weighted by atomic mass is 19.1. The zero-order valence-electron chi connectivity index (χ0n) is 20.7. The van der Waals surface area contributed by atoms with Crippen molar-refractivity contribution >= 4 is 23.3 Å². The zero-order valence-corrected chi connectivity index (χ0v) is 20.7. The lowest BCUT2D eigenvalue weighted by Crippen LogP contribution is -2.13. The summed E-state index contributed by atoms with van der Waals surface area (Å²) >= 11 is 0. The van der Waals surface area contributed by atoms with Gasteiger partial charge in [0.15, 0.2) is 5.84 Å². The first-order chi connectivity index (χ1) is 17.6. The fraction of sp³-hybridized carbons (Fsp3) is 0.300. The molecule has 0 saturated carbocycles. The number of fused-ring (bicyclic) bond motifs is 1. The minimum Gasteiger partial charge on any atom is -0.498 e. The van der Waals surface area contributed by atoms with E-state index in [4.69, 9.17) is 14.5 Å². The van der Waals surface area contributed by atoms with Crippen LogP contribution in [0.5, 0.6) is 5.75 Å². The average Bonchev–Trinajstić information content (AvgIpc) is 3.16. The predicted octanol–water partition coefficient (Wildman–Crippen LogP) is 6.71. The second-order valence-corrected chi connectivity index (χ2v) is 9.08. The lowest BCUT2D eigenvalue weighted by Gasteiger charge is -2.16. The van der Waals surface area contributed by atoms with Crippen LogP contribution in [0.25, 0.3) is 5.57 Å². The van der Waals surface area contributed by atoms with Crippen LogP contribution in [-0.4, -0.2) is 37.0 Å². The highest BCUT2D eigenvalue weighted by Gasteiger charge is 2.22. The van der Waals surface area contributed by atoms with Gasteiger partial charge in [-0.25, -0.2) is 14.4 Å². The highest BCUT2D eigenvalue weighted by molar-refractivity contribution is 6.43. The van der Waals surface area contributed by atoms with Crippen LogP contribution in [0.2, 0.25) is 0 Å². The van der Waals surface area contributed by atoms with Crippen molar-refractivity contribution in [3.63, 3.8) is 0 Å². The molecule has 1 atom stereocenters. The number of ether oxygens (including phenoxy) is 2. The van der Waals surface area contributed by atoms with E-state index in [1.807, 2.05) is 19.1 Å². The molecule has 5 rings (SSSR count). The van der Waals surface area contributed by atoms with Crippen LogP contribution in [0, 0.1) is 5.82 Å². The van der Waals surface area contributed by atoms with Gasteiger partial charge in [-0.05, 0) is 68.2 Å². The third kappa shape index (κ3) is 5.38. The quantitative estimate of drug-likeness (QED) is 0.458. The summed E-state index contributed by atoms with van der Waals surface area (Å²) in [4.78, 5) is 14.0. The third-order valence-electron chi connectivity index (χ3n) is 6.52. The minimum atomic E-state index is -0.325. The number of benzene rings is 2. The van der Waals surface area contributed by atoms with Gasteiger partial charge in [0, 0.05) is 19.1 Å². The lowest BCUT2D eigenvalue weighted by atomic mass is 9.97. The number of amidine groups is 1. The van der Waals surface area contributed by atoms with Gasteiger partial charge in [0.25, 0.3) is 0 Å². The van der Waals surface area contributed by atoms with Gasteiger partial charge in [0.2, 0.25) is 0 Å². The molecule has 3 aliphatic rings. The van der Waals surface area contributed by atoms with E-state index in [-0.39, 0.29) is 11.9 Å². The topological polar surface area (TPSA) is 55.5 Å². The van der Waals surface area contributed by atoms with Crippen LogP contribution in [0.15, 0.2) is 92.7 Å². The first-order valence-electron chi connectivity index (χ1n) is 12.5. The van der Waals surface area contributed by atoms with E-state index in [0.717, 1.165) is 42.0 Å². The van der Waals surface area contributed by atoms with Crippen LogP contribution in [0.3, 0.4) is 0 Å². The van der Waals surface area contributed by atoms with Crippen LogP contribution in [0.1, 0.15) is 50.7 Å². The summed E-state index contributed by atoms with van der Waals surface area (Å²) in [7, 11) is 0. The average molecular weight is 484 g/mol. The molecule has 3 aliphatic heterocycles. The van der Waals surface area contributed by atoms with Crippen LogP contribution >= 0.6 is 0 Å². The SMILES string of the molecule is CCOc1ccc(C2=C(C)CCOC(CC3CCC=C4N=C(c5ccccc5F)N=C4C=N3)=C2)cc1. The summed E-state index contributed by atoms with van der Waals surface area (Å²) in [6, 6.07) is 14.9. The molecule has 2 aromatic carbocycles. The van der Waals surface area contributed by atoms with Gasteiger partial charge in [0.1, 0.15) is 17.3 Å². The Morgan fingerprint density at radius 3 is 2.72 bits per heavy atom. The van der Waals surface area contributed by atoms with Crippen molar-refractivity contribution in [2.75, 3.05) is 13.2 Å². The molecular weight excluding hydrogens is 453 g/mol. The van der Waals surface area contributed by atoms with Crippen molar-refractivity contribution < 1.29 is 13.9 Å². The van der Waals surface area contributed by atoms with Crippen LogP contribution < -0.4 is 4.74 Å². The molecule has 5 nitrogen and oxygen atoms in total. The largest absolute Gasteiger partial charge is 0.498 e. The van der Waals surface area contributed by atoms with Crippen molar-refractivity contribution in [3.8, 4) is 5.75 Å². The molecule has 0 fully saturated rings. The molecule has 2 aromatic rings. The number of rotatable bonds is 6. The Hall–Kier alpha value is -3.80. The molecular formula is C30H30FN3O2. The molecule has 184 valence electrons. The number of nitrogens with zero attached hydrogens (tertiary/aromatic N) is 3. The number of hydrogen-bond acceptors (Lipinski definition) is 5. The Balaban J connectivity index is 1.33. The van der Waals surface area contributed by atoms with Crippen LogP contribution in [-0.2, 0) is 4.74 Å². The molecule has 0 aliphatic carbocycles. The monoisotopic (exact) mass is 483 g/mol. The Morgan fingerprint density at radius 2 is 1.92 bits per heavy atom. The number of hydrogen-bond donors (Lipinski definition) is 0. The summed E-state index contributed by atoms with van der Waals surface area (Å²) in [6.07, 6.45) is 9.30. The van der Waals surface area contributed by atoms with Gasteiger partial charge in [0.05, 0.1) is 36.3 Å². The lowest BCUT2D eigenvalue weighted by molar-refractivity contribution is 0.203. The molecule has 0 N–H and O–H groups in total.